The van der Waals surface area contributed by atoms with E-state index in [9.17, 15) is 9.59 Å². The number of carbonyl (C=O) groups is 2. The molecule has 0 spiro atoms. The molecule has 1 aromatic rings. The standard InChI is InChI=1S/C18H23NO3/c1-18(2,3)22-17(21)15-10-7-13-19(15)16(20)12-11-14-8-5-4-6-9-14/h4-6,8-9,11-12,15H,7,10,13H2,1-3H3/b12-11+. The lowest BCUT2D eigenvalue weighted by Crippen LogP contribution is -2.42. The van der Waals surface area contributed by atoms with Gasteiger partial charge in [-0.2, -0.15) is 0 Å². The summed E-state index contributed by atoms with van der Waals surface area (Å²) in [6, 6.07) is 9.16. The van der Waals surface area contributed by atoms with Gasteiger partial charge in [0.15, 0.2) is 0 Å². The Morgan fingerprint density at radius 1 is 1.23 bits per heavy atom. The lowest BCUT2D eigenvalue weighted by Gasteiger charge is -2.26. The van der Waals surface area contributed by atoms with Crippen LogP contribution in [0.1, 0.15) is 39.2 Å². The van der Waals surface area contributed by atoms with Crippen molar-refractivity contribution in [3.8, 4) is 0 Å². The van der Waals surface area contributed by atoms with Crippen molar-refractivity contribution in [2.24, 2.45) is 0 Å². The first-order valence-corrected chi connectivity index (χ1v) is 7.63. The van der Waals surface area contributed by atoms with E-state index < -0.39 is 11.6 Å². The summed E-state index contributed by atoms with van der Waals surface area (Å²) < 4.78 is 5.41. The molecule has 1 aliphatic heterocycles. The molecule has 0 aliphatic carbocycles. The average Bonchev–Trinajstić information content (AvgIpc) is 2.93. The number of carbonyl (C=O) groups excluding carboxylic acids is 2. The summed E-state index contributed by atoms with van der Waals surface area (Å²) >= 11 is 0. The Hall–Kier alpha value is -2.10. The fourth-order valence-corrected chi connectivity index (χ4v) is 2.47. The molecule has 0 bridgehead atoms. The number of nitrogens with zero attached hydrogens (tertiary/aromatic N) is 1. The van der Waals surface area contributed by atoms with Crippen LogP contribution in [0.3, 0.4) is 0 Å². The van der Waals surface area contributed by atoms with E-state index in [1.54, 1.807) is 11.0 Å². The van der Waals surface area contributed by atoms with Gasteiger partial charge >= 0.3 is 5.97 Å². The quantitative estimate of drug-likeness (QED) is 0.637. The molecule has 0 aromatic heterocycles. The molecule has 118 valence electrons. The highest BCUT2D eigenvalue weighted by Crippen LogP contribution is 2.21. The SMILES string of the molecule is CC(C)(C)OC(=O)C1CCCN1C(=O)/C=C/c1ccccc1. The van der Waals surface area contributed by atoms with Crippen LogP contribution < -0.4 is 0 Å². The molecular weight excluding hydrogens is 278 g/mol. The van der Waals surface area contributed by atoms with Crippen LogP contribution in [0.15, 0.2) is 36.4 Å². The monoisotopic (exact) mass is 301 g/mol. The summed E-state index contributed by atoms with van der Waals surface area (Å²) in [4.78, 5) is 26.1. The molecule has 1 aliphatic rings. The van der Waals surface area contributed by atoms with Gasteiger partial charge in [-0.15, -0.1) is 0 Å². The number of hydrogen-bond acceptors (Lipinski definition) is 3. The third kappa shape index (κ3) is 4.45. The van der Waals surface area contributed by atoms with Gasteiger partial charge in [-0.25, -0.2) is 4.79 Å². The Balaban J connectivity index is 2.02. The first-order chi connectivity index (χ1) is 10.4. The Labute approximate surface area is 131 Å². The molecule has 22 heavy (non-hydrogen) atoms. The maximum atomic E-state index is 12.3. The number of amides is 1. The third-order valence-electron chi connectivity index (χ3n) is 3.43. The molecule has 1 fully saturated rings. The number of hydrogen-bond donors (Lipinski definition) is 0. The molecule has 1 amide bonds. The van der Waals surface area contributed by atoms with Gasteiger partial charge in [0.2, 0.25) is 5.91 Å². The smallest absolute Gasteiger partial charge is 0.329 e. The van der Waals surface area contributed by atoms with Gasteiger partial charge in [-0.3, -0.25) is 4.79 Å². The first-order valence-electron chi connectivity index (χ1n) is 7.63. The molecule has 1 aromatic carbocycles. The van der Waals surface area contributed by atoms with E-state index in [0.29, 0.717) is 13.0 Å². The van der Waals surface area contributed by atoms with E-state index in [1.165, 1.54) is 6.08 Å². The van der Waals surface area contributed by atoms with Gasteiger partial charge in [0.1, 0.15) is 11.6 Å². The van der Waals surface area contributed by atoms with Crippen LogP contribution in [-0.4, -0.2) is 35.0 Å². The second-order valence-corrected chi connectivity index (χ2v) is 6.47. The minimum absolute atomic E-state index is 0.141. The zero-order valence-electron chi connectivity index (χ0n) is 13.4. The largest absolute Gasteiger partial charge is 0.458 e. The van der Waals surface area contributed by atoms with Crippen LogP contribution in [0.5, 0.6) is 0 Å². The van der Waals surface area contributed by atoms with E-state index in [-0.39, 0.29) is 11.9 Å². The van der Waals surface area contributed by atoms with Crippen LogP contribution in [0, 0.1) is 0 Å². The predicted molar refractivity (Wildman–Crippen MR) is 86.1 cm³/mol. The fraction of sp³-hybridized carbons (Fsp3) is 0.444. The second-order valence-electron chi connectivity index (χ2n) is 6.47. The first kappa shape index (κ1) is 16.3. The Morgan fingerprint density at radius 2 is 1.91 bits per heavy atom. The van der Waals surface area contributed by atoms with Crippen LogP contribution in [0.2, 0.25) is 0 Å². The maximum Gasteiger partial charge on any atom is 0.329 e. The Bertz CT molecular complexity index is 557. The zero-order chi connectivity index (χ0) is 16.2. The summed E-state index contributed by atoms with van der Waals surface area (Å²) in [6.07, 6.45) is 4.79. The summed E-state index contributed by atoms with van der Waals surface area (Å²) in [6.45, 7) is 6.10. The molecule has 1 saturated heterocycles. The molecule has 2 rings (SSSR count). The highest BCUT2D eigenvalue weighted by atomic mass is 16.6. The molecule has 1 unspecified atom stereocenters. The van der Waals surface area contributed by atoms with Crippen LogP contribution >= 0.6 is 0 Å². The second kappa shape index (κ2) is 6.77. The molecule has 0 radical (unpaired) electrons. The lowest BCUT2D eigenvalue weighted by molar-refractivity contribution is -0.162. The van der Waals surface area contributed by atoms with Crippen molar-refractivity contribution in [1.29, 1.82) is 0 Å². The Kier molecular flexibility index (Phi) is 5.01. The van der Waals surface area contributed by atoms with Crippen molar-refractivity contribution in [3.63, 3.8) is 0 Å². The summed E-state index contributed by atoms with van der Waals surface area (Å²) in [5.74, 6) is -0.455. The number of likely N-dealkylation sites (tertiary alicyclic amines) is 1. The molecule has 4 nitrogen and oxygen atoms in total. The van der Waals surface area contributed by atoms with Crippen LogP contribution in [0.4, 0.5) is 0 Å². The van der Waals surface area contributed by atoms with Crippen molar-refractivity contribution in [3.05, 3.63) is 42.0 Å². The summed E-state index contributed by atoms with van der Waals surface area (Å²) in [7, 11) is 0. The fourth-order valence-electron chi connectivity index (χ4n) is 2.47. The van der Waals surface area contributed by atoms with E-state index in [2.05, 4.69) is 0 Å². The van der Waals surface area contributed by atoms with Gasteiger partial charge in [0.25, 0.3) is 0 Å². The van der Waals surface area contributed by atoms with Gasteiger partial charge in [0, 0.05) is 12.6 Å². The average molecular weight is 301 g/mol. The summed E-state index contributed by atoms with van der Waals surface area (Å²) in [5, 5.41) is 0. The molecular formula is C18H23NO3. The minimum atomic E-state index is -0.533. The zero-order valence-corrected chi connectivity index (χ0v) is 13.4. The van der Waals surface area contributed by atoms with Crippen LogP contribution in [0.25, 0.3) is 6.08 Å². The number of rotatable bonds is 3. The summed E-state index contributed by atoms with van der Waals surface area (Å²) in [5.41, 5.74) is 0.428. The third-order valence-corrected chi connectivity index (χ3v) is 3.43. The van der Waals surface area contributed by atoms with E-state index >= 15 is 0 Å². The van der Waals surface area contributed by atoms with E-state index in [4.69, 9.17) is 4.74 Å². The number of ether oxygens (including phenoxy) is 1. The van der Waals surface area contributed by atoms with Gasteiger partial charge in [-0.1, -0.05) is 30.3 Å². The molecule has 4 heteroatoms. The number of benzene rings is 1. The highest BCUT2D eigenvalue weighted by Gasteiger charge is 2.35. The lowest BCUT2D eigenvalue weighted by atomic mass is 10.1. The van der Waals surface area contributed by atoms with E-state index in [0.717, 1.165) is 12.0 Å². The molecule has 1 heterocycles. The Morgan fingerprint density at radius 3 is 2.55 bits per heavy atom. The minimum Gasteiger partial charge on any atom is -0.458 e. The van der Waals surface area contributed by atoms with Crippen molar-refractivity contribution in [2.45, 2.75) is 45.3 Å². The predicted octanol–water partition coefficient (Wildman–Crippen LogP) is 3.03. The topological polar surface area (TPSA) is 46.6 Å². The molecule has 0 N–H and O–H groups in total. The van der Waals surface area contributed by atoms with Crippen molar-refractivity contribution in [1.82, 2.24) is 4.90 Å². The van der Waals surface area contributed by atoms with E-state index in [1.807, 2.05) is 51.1 Å². The van der Waals surface area contributed by atoms with Gasteiger partial charge in [0.05, 0.1) is 0 Å². The molecule has 1 atom stereocenters. The van der Waals surface area contributed by atoms with Gasteiger partial charge < -0.3 is 9.64 Å². The molecule has 0 saturated carbocycles. The van der Waals surface area contributed by atoms with Crippen LogP contribution in [-0.2, 0) is 14.3 Å². The van der Waals surface area contributed by atoms with Crippen molar-refractivity contribution in [2.75, 3.05) is 6.54 Å². The van der Waals surface area contributed by atoms with Gasteiger partial charge in [-0.05, 0) is 45.3 Å². The number of esters is 1. The van der Waals surface area contributed by atoms with Crippen molar-refractivity contribution >= 4 is 18.0 Å². The highest BCUT2D eigenvalue weighted by molar-refractivity contribution is 5.95. The normalized spacial score (nSPS) is 18.7. The maximum absolute atomic E-state index is 12.3. The van der Waals surface area contributed by atoms with Crippen molar-refractivity contribution < 1.29 is 14.3 Å².